The molecule has 0 atom stereocenters. The Labute approximate surface area is 138 Å². The number of carbonyl (C=O) groups excluding carboxylic acids is 2. The highest BCUT2D eigenvalue weighted by Gasteiger charge is 2.30. The zero-order valence-electron chi connectivity index (χ0n) is 12.7. The third kappa shape index (κ3) is 2.53. The van der Waals surface area contributed by atoms with Crippen molar-refractivity contribution in [2.75, 3.05) is 24.5 Å². The average molecular weight is 327 g/mol. The van der Waals surface area contributed by atoms with Crippen LogP contribution < -0.4 is 4.90 Å². The van der Waals surface area contributed by atoms with Crippen LogP contribution in [0.1, 0.15) is 37.7 Å². The molecule has 1 fully saturated rings. The molecule has 0 aromatic carbocycles. The summed E-state index contributed by atoms with van der Waals surface area (Å²) in [4.78, 5) is 34.7. The van der Waals surface area contributed by atoms with E-state index in [1.807, 2.05) is 11.0 Å². The molecule has 0 saturated carbocycles. The molecule has 118 valence electrons. The van der Waals surface area contributed by atoms with Crippen molar-refractivity contribution < 1.29 is 9.59 Å². The van der Waals surface area contributed by atoms with Crippen molar-refractivity contribution in [3.63, 3.8) is 0 Å². The van der Waals surface area contributed by atoms with Crippen LogP contribution in [0.2, 0.25) is 0 Å². The number of pyridine rings is 1. The highest BCUT2D eigenvalue weighted by molar-refractivity contribution is 7.14. The van der Waals surface area contributed by atoms with Crippen LogP contribution in [0.4, 0.5) is 5.69 Å². The summed E-state index contributed by atoms with van der Waals surface area (Å²) in [6.45, 7) is 2.37. The monoisotopic (exact) mass is 327 g/mol. The summed E-state index contributed by atoms with van der Waals surface area (Å²) in [6.07, 6.45) is 6.23. The standard InChI is InChI=1S/C17H17N3O2S/c21-16(12-4-3-6-18-11-12)20-9-5-14-13(20)10-15(23-14)17(22)19-7-1-2-8-19/h3-4,6,10-11H,1-2,5,7-9H2. The number of carbonyl (C=O) groups is 2. The summed E-state index contributed by atoms with van der Waals surface area (Å²) in [5.74, 6) is 0.0606. The molecule has 23 heavy (non-hydrogen) atoms. The number of fused-ring (bicyclic) bond motifs is 1. The maximum atomic E-state index is 12.6. The second-order valence-corrected chi connectivity index (χ2v) is 7.00. The molecule has 2 aliphatic rings. The fourth-order valence-corrected chi connectivity index (χ4v) is 4.32. The van der Waals surface area contributed by atoms with Gasteiger partial charge in [-0.2, -0.15) is 0 Å². The smallest absolute Gasteiger partial charge is 0.264 e. The van der Waals surface area contributed by atoms with Crippen LogP contribution in [-0.4, -0.2) is 41.3 Å². The minimum Gasteiger partial charge on any atom is -0.338 e. The van der Waals surface area contributed by atoms with Gasteiger partial charge in [0.25, 0.3) is 11.8 Å². The highest BCUT2D eigenvalue weighted by Crippen LogP contribution is 2.37. The fraction of sp³-hybridized carbons (Fsp3) is 0.353. The van der Waals surface area contributed by atoms with E-state index in [9.17, 15) is 9.59 Å². The molecular formula is C17H17N3O2S. The van der Waals surface area contributed by atoms with Crippen molar-refractivity contribution in [1.82, 2.24) is 9.88 Å². The zero-order valence-corrected chi connectivity index (χ0v) is 13.5. The number of hydrogen-bond donors (Lipinski definition) is 0. The van der Waals surface area contributed by atoms with Crippen molar-refractivity contribution in [2.24, 2.45) is 0 Å². The predicted molar refractivity (Wildman–Crippen MR) is 89.1 cm³/mol. The van der Waals surface area contributed by atoms with Crippen LogP contribution in [-0.2, 0) is 6.42 Å². The van der Waals surface area contributed by atoms with Crippen LogP contribution in [0.15, 0.2) is 30.6 Å². The quantitative estimate of drug-likeness (QED) is 0.852. The van der Waals surface area contributed by atoms with Crippen molar-refractivity contribution in [3.05, 3.63) is 45.9 Å². The van der Waals surface area contributed by atoms with E-state index in [-0.39, 0.29) is 11.8 Å². The van der Waals surface area contributed by atoms with E-state index in [0.717, 1.165) is 47.8 Å². The third-order valence-electron chi connectivity index (χ3n) is 4.40. The Morgan fingerprint density at radius 3 is 2.70 bits per heavy atom. The molecule has 4 heterocycles. The van der Waals surface area contributed by atoms with Crippen LogP contribution in [0.25, 0.3) is 0 Å². The van der Waals surface area contributed by atoms with E-state index in [2.05, 4.69) is 4.98 Å². The molecule has 0 bridgehead atoms. The number of anilines is 1. The predicted octanol–water partition coefficient (Wildman–Crippen LogP) is 2.58. The molecule has 2 amide bonds. The minimum atomic E-state index is -0.0465. The van der Waals surface area contributed by atoms with E-state index in [1.54, 1.807) is 29.4 Å². The first kappa shape index (κ1) is 14.4. The first-order valence-electron chi connectivity index (χ1n) is 7.88. The Kier molecular flexibility index (Phi) is 3.61. The number of amides is 2. The van der Waals surface area contributed by atoms with Gasteiger partial charge in [-0.3, -0.25) is 14.6 Å². The average Bonchev–Trinajstić information content (AvgIpc) is 3.30. The van der Waals surface area contributed by atoms with Crippen LogP contribution in [0.5, 0.6) is 0 Å². The molecule has 2 aromatic rings. The zero-order chi connectivity index (χ0) is 15.8. The van der Waals surface area contributed by atoms with Gasteiger partial charge in [-0.05, 0) is 31.0 Å². The second kappa shape index (κ2) is 5.77. The van der Waals surface area contributed by atoms with E-state index < -0.39 is 0 Å². The SMILES string of the molecule is O=C(c1cc2c(s1)CCN2C(=O)c1cccnc1)N1CCCC1. The Bertz CT molecular complexity index is 750. The minimum absolute atomic E-state index is 0.0465. The number of hydrogen-bond acceptors (Lipinski definition) is 4. The van der Waals surface area contributed by atoms with Gasteiger partial charge in [0, 0.05) is 43.3 Å². The molecule has 4 rings (SSSR count). The first-order valence-corrected chi connectivity index (χ1v) is 8.69. The summed E-state index contributed by atoms with van der Waals surface area (Å²) in [6, 6.07) is 5.43. The summed E-state index contributed by atoms with van der Waals surface area (Å²) < 4.78 is 0. The summed E-state index contributed by atoms with van der Waals surface area (Å²) in [5.41, 5.74) is 1.48. The Balaban J connectivity index is 1.59. The van der Waals surface area contributed by atoms with Crippen molar-refractivity contribution in [2.45, 2.75) is 19.3 Å². The number of nitrogens with zero attached hydrogens (tertiary/aromatic N) is 3. The third-order valence-corrected chi connectivity index (χ3v) is 5.57. The van der Waals surface area contributed by atoms with Gasteiger partial charge in [-0.1, -0.05) is 0 Å². The maximum Gasteiger partial charge on any atom is 0.264 e. The lowest BCUT2D eigenvalue weighted by molar-refractivity contribution is 0.0797. The molecule has 0 radical (unpaired) electrons. The molecular weight excluding hydrogens is 310 g/mol. The van der Waals surface area contributed by atoms with Gasteiger partial charge < -0.3 is 9.80 Å². The second-order valence-electron chi connectivity index (χ2n) is 5.87. The van der Waals surface area contributed by atoms with Gasteiger partial charge >= 0.3 is 0 Å². The van der Waals surface area contributed by atoms with E-state index in [0.29, 0.717) is 12.1 Å². The number of rotatable bonds is 2. The Morgan fingerprint density at radius 1 is 1.13 bits per heavy atom. The summed E-state index contributed by atoms with van der Waals surface area (Å²) in [5, 5.41) is 0. The van der Waals surface area contributed by atoms with Crippen molar-refractivity contribution >= 4 is 28.8 Å². The lowest BCUT2D eigenvalue weighted by Gasteiger charge is -2.16. The molecule has 5 nitrogen and oxygen atoms in total. The molecule has 2 aromatic heterocycles. The molecule has 6 heteroatoms. The maximum absolute atomic E-state index is 12.6. The lowest BCUT2D eigenvalue weighted by Crippen LogP contribution is -2.29. The van der Waals surface area contributed by atoms with Crippen LogP contribution in [0.3, 0.4) is 0 Å². The molecule has 0 unspecified atom stereocenters. The van der Waals surface area contributed by atoms with Gasteiger partial charge in [-0.15, -0.1) is 11.3 Å². The molecule has 1 saturated heterocycles. The van der Waals surface area contributed by atoms with Crippen molar-refractivity contribution in [3.8, 4) is 0 Å². The van der Waals surface area contributed by atoms with Gasteiger partial charge in [0.2, 0.25) is 0 Å². The van der Waals surface area contributed by atoms with E-state index in [4.69, 9.17) is 0 Å². The van der Waals surface area contributed by atoms with Crippen LogP contribution >= 0.6 is 11.3 Å². The van der Waals surface area contributed by atoms with Gasteiger partial charge in [0.15, 0.2) is 0 Å². The van der Waals surface area contributed by atoms with Crippen LogP contribution in [0, 0.1) is 0 Å². The Hall–Kier alpha value is -2.21. The normalized spacial score (nSPS) is 16.7. The van der Waals surface area contributed by atoms with Gasteiger partial charge in [0.05, 0.1) is 16.1 Å². The lowest BCUT2D eigenvalue weighted by atomic mass is 10.2. The molecule has 0 N–H and O–H groups in total. The van der Waals surface area contributed by atoms with E-state index in [1.165, 1.54) is 11.3 Å². The first-order chi connectivity index (χ1) is 11.2. The van der Waals surface area contributed by atoms with Gasteiger partial charge in [-0.25, -0.2) is 0 Å². The van der Waals surface area contributed by atoms with Crippen molar-refractivity contribution in [1.29, 1.82) is 0 Å². The number of aromatic nitrogens is 1. The number of likely N-dealkylation sites (tertiary alicyclic amines) is 1. The Morgan fingerprint density at radius 2 is 1.96 bits per heavy atom. The summed E-state index contributed by atoms with van der Waals surface area (Å²) >= 11 is 1.53. The largest absolute Gasteiger partial charge is 0.338 e. The fourth-order valence-electron chi connectivity index (χ4n) is 3.20. The highest BCUT2D eigenvalue weighted by atomic mass is 32.1. The molecule has 0 aliphatic carbocycles. The topological polar surface area (TPSA) is 53.5 Å². The van der Waals surface area contributed by atoms with Gasteiger partial charge in [0.1, 0.15) is 0 Å². The summed E-state index contributed by atoms with van der Waals surface area (Å²) in [7, 11) is 0. The molecule has 0 spiro atoms. The molecule has 2 aliphatic heterocycles. The van der Waals surface area contributed by atoms with E-state index >= 15 is 0 Å². The number of thiophene rings is 1.